The van der Waals surface area contributed by atoms with Crippen molar-refractivity contribution in [1.29, 1.82) is 0 Å². The highest BCUT2D eigenvalue weighted by Crippen LogP contribution is 2.30. The fourth-order valence-electron chi connectivity index (χ4n) is 2.75. The number of hydrogen-bond donors (Lipinski definition) is 0. The number of nitro benzene ring substituents is 1. The molecule has 1 heterocycles. The fraction of sp³-hybridized carbons (Fsp3) is 0.200. The lowest BCUT2D eigenvalue weighted by atomic mass is 10.1. The summed E-state index contributed by atoms with van der Waals surface area (Å²) in [5.74, 6) is 0.885. The molecule has 0 spiro atoms. The molecule has 0 radical (unpaired) electrons. The van der Waals surface area contributed by atoms with Gasteiger partial charge in [-0.3, -0.25) is 14.9 Å². The summed E-state index contributed by atoms with van der Waals surface area (Å²) < 4.78 is 16.1. The van der Waals surface area contributed by atoms with Crippen LogP contribution in [0, 0.1) is 10.1 Å². The largest absolute Gasteiger partial charge is 0.497 e. The molecule has 150 valence electrons. The van der Waals surface area contributed by atoms with Crippen molar-refractivity contribution in [2.24, 2.45) is 5.10 Å². The van der Waals surface area contributed by atoms with Crippen molar-refractivity contribution < 1.29 is 23.9 Å². The smallest absolute Gasteiger partial charge is 0.284 e. The molecule has 1 aliphatic heterocycles. The number of hydrazone groups is 1. The Kier molecular flexibility index (Phi) is 5.77. The summed E-state index contributed by atoms with van der Waals surface area (Å²) in [4.78, 5) is 23.3. The number of carbonyl (C=O) groups excluding carboxylic acids is 1. The van der Waals surface area contributed by atoms with Gasteiger partial charge in [-0.05, 0) is 37.3 Å². The lowest BCUT2D eigenvalue weighted by Crippen LogP contribution is -2.21. The average Bonchev–Trinajstić information content (AvgIpc) is 3.04. The van der Waals surface area contributed by atoms with E-state index < -0.39 is 10.8 Å². The third-order valence-electron chi connectivity index (χ3n) is 4.17. The van der Waals surface area contributed by atoms with E-state index in [1.165, 1.54) is 31.4 Å². The number of hydrogen-bond acceptors (Lipinski definition) is 7. The number of carbonyl (C=O) groups is 1. The lowest BCUT2D eigenvalue weighted by molar-refractivity contribution is -0.384. The quantitative estimate of drug-likeness (QED) is 0.420. The standard InChI is InChI=1S/C20H19N3O6/c1-4-29-19-17(11-13-5-10-16(27-2)12-18(13)28-3)20(24)22(21-19)14-6-8-15(9-7-14)23(25)26/h5-12H,4H2,1-3H3/b17-11-. The molecule has 9 heteroatoms. The summed E-state index contributed by atoms with van der Waals surface area (Å²) in [5, 5.41) is 16.2. The van der Waals surface area contributed by atoms with Crippen LogP contribution in [0.25, 0.3) is 6.08 Å². The molecule has 0 aliphatic carbocycles. The summed E-state index contributed by atoms with van der Waals surface area (Å²) in [6, 6.07) is 10.8. The Hall–Kier alpha value is -3.88. The van der Waals surface area contributed by atoms with E-state index in [-0.39, 0.29) is 17.2 Å². The van der Waals surface area contributed by atoms with Crippen LogP contribution in [-0.4, -0.2) is 37.6 Å². The van der Waals surface area contributed by atoms with E-state index in [1.54, 1.807) is 38.3 Å². The molecule has 0 bridgehead atoms. The van der Waals surface area contributed by atoms with Crippen molar-refractivity contribution in [3.8, 4) is 11.5 Å². The minimum atomic E-state index is -0.508. The third-order valence-corrected chi connectivity index (χ3v) is 4.17. The zero-order valence-corrected chi connectivity index (χ0v) is 16.1. The molecule has 9 nitrogen and oxygen atoms in total. The zero-order valence-electron chi connectivity index (χ0n) is 16.1. The van der Waals surface area contributed by atoms with E-state index in [4.69, 9.17) is 14.2 Å². The Labute approximate surface area is 166 Å². The summed E-state index contributed by atoms with van der Waals surface area (Å²) in [6.07, 6.45) is 1.63. The van der Waals surface area contributed by atoms with Gasteiger partial charge < -0.3 is 14.2 Å². The molecule has 2 aromatic rings. The van der Waals surface area contributed by atoms with Crippen molar-refractivity contribution >= 4 is 29.3 Å². The number of rotatable bonds is 6. The van der Waals surface area contributed by atoms with Gasteiger partial charge in [0.15, 0.2) is 0 Å². The van der Waals surface area contributed by atoms with Gasteiger partial charge in [-0.2, -0.15) is 5.01 Å². The van der Waals surface area contributed by atoms with Gasteiger partial charge in [-0.25, -0.2) is 0 Å². The van der Waals surface area contributed by atoms with Crippen molar-refractivity contribution in [2.75, 3.05) is 25.8 Å². The topological polar surface area (TPSA) is 104 Å². The van der Waals surface area contributed by atoms with Crippen LogP contribution in [0.4, 0.5) is 11.4 Å². The monoisotopic (exact) mass is 397 g/mol. The summed E-state index contributed by atoms with van der Waals surface area (Å²) in [6.45, 7) is 2.10. The van der Waals surface area contributed by atoms with Crippen LogP contribution in [0.1, 0.15) is 12.5 Å². The van der Waals surface area contributed by atoms with Crippen LogP contribution in [-0.2, 0) is 9.53 Å². The first-order valence-corrected chi connectivity index (χ1v) is 8.73. The Morgan fingerprint density at radius 1 is 1.14 bits per heavy atom. The molecule has 0 saturated heterocycles. The van der Waals surface area contributed by atoms with Crippen molar-refractivity contribution in [3.63, 3.8) is 0 Å². The number of amides is 1. The molecule has 2 aromatic carbocycles. The molecule has 0 saturated carbocycles. The number of nitro groups is 1. The predicted molar refractivity (Wildman–Crippen MR) is 107 cm³/mol. The maximum atomic E-state index is 13.0. The molecule has 0 N–H and O–H groups in total. The van der Waals surface area contributed by atoms with Crippen LogP contribution in [0.5, 0.6) is 11.5 Å². The number of nitrogens with zero attached hydrogens (tertiary/aromatic N) is 3. The van der Waals surface area contributed by atoms with Crippen molar-refractivity contribution in [2.45, 2.75) is 6.92 Å². The normalized spacial score (nSPS) is 14.7. The number of ether oxygens (including phenoxy) is 3. The molecule has 0 atom stereocenters. The Bertz CT molecular complexity index is 998. The van der Waals surface area contributed by atoms with E-state index >= 15 is 0 Å². The molecule has 29 heavy (non-hydrogen) atoms. The number of non-ortho nitro benzene ring substituents is 1. The van der Waals surface area contributed by atoms with Crippen molar-refractivity contribution in [3.05, 3.63) is 63.7 Å². The molecule has 3 rings (SSSR count). The SMILES string of the molecule is CCOC1=NN(c2ccc([N+](=O)[O-])cc2)C(=O)/C1=C\c1ccc(OC)cc1OC. The Balaban J connectivity index is 1.99. The van der Waals surface area contributed by atoms with Gasteiger partial charge in [0.25, 0.3) is 11.6 Å². The second-order valence-electron chi connectivity index (χ2n) is 5.89. The first-order valence-electron chi connectivity index (χ1n) is 8.73. The van der Waals surface area contributed by atoms with Gasteiger partial charge in [0.1, 0.15) is 17.1 Å². The maximum Gasteiger partial charge on any atom is 0.284 e. The first kappa shape index (κ1) is 19.9. The number of methoxy groups -OCH3 is 2. The van der Waals surface area contributed by atoms with Gasteiger partial charge >= 0.3 is 0 Å². The number of benzene rings is 2. The summed E-state index contributed by atoms with van der Waals surface area (Å²) in [7, 11) is 3.07. The fourth-order valence-corrected chi connectivity index (χ4v) is 2.75. The van der Waals surface area contributed by atoms with Crippen LogP contribution in [0.3, 0.4) is 0 Å². The van der Waals surface area contributed by atoms with Crippen LogP contribution in [0.15, 0.2) is 53.1 Å². The lowest BCUT2D eigenvalue weighted by Gasteiger charge is -2.11. The van der Waals surface area contributed by atoms with E-state index in [2.05, 4.69) is 5.10 Å². The molecular formula is C20H19N3O6. The molecule has 0 fully saturated rings. The zero-order chi connectivity index (χ0) is 21.0. The van der Waals surface area contributed by atoms with Crippen LogP contribution < -0.4 is 14.5 Å². The van der Waals surface area contributed by atoms with Gasteiger partial charge in [0.2, 0.25) is 5.90 Å². The Morgan fingerprint density at radius 2 is 1.86 bits per heavy atom. The first-order chi connectivity index (χ1) is 14.0. The molecular weight excluding hydrogens is 378 g/mol. The van der Waals surface area contributed by atoms with E-state index in [1.807, 2.05) is 0 Å². The van der Waals surface area contributed by atoms with Gasteiger partial charge in [0, 0.05) is 23.8 Å². The minimum Gasteiger partial charge on any atom is -0.497 e. The Morgan fingerprint density at radius 3 is 2.45 bits per heavy atom. The van der Waals surface area contributed by atoms with Crippen LogP contribution in [0.2, 0.25) is 0 Å². The third kappa shape index (κ3) is 4.03. The molecule has 1 aliphatic rings. The second-order valence-corrected chi connectivity index (χ2v) is 5.89. The van der Waals surface area contributed by atoms with Crippen molar-refractivity contribution in [1.82, 2.24) is 0 Å². The predicted octanol–water partition coefficient (Wildman–Crippen LogP) is 3.39. The summed E-state index contributed by atoms with van der Waals surface area (Å²) in [5.41, 5.74) is 1.21. The van der Waals surface area contributed by atoms with Gasteiger partial charge in [-0.15, -0.1) is 5.10 Å². The number of anilines is 1. The van der Waals surface area contributed by atoms with Gasteiger partial charge in [0.05, 0.1) is 31.4 Å². The van der Waals surface area contributed by atoms with Crippen LogP contribution >= 0.6 is 0 Å². The molecule has 0 unspecified atom stereocenters. The highest BCUT2D eigenvalue weighted by atomic mass is 16.6. The van der Waals surface area contributed by atoms with E-state index in [0.717, 1.165) is 5.01 Å². The highest BCUT2D eigenvalue weighted by molar-refractivity contribution is 6.30. The second kappa shape index (κ2) is 8.42. The summed E-state index contributed by atoms with van der Waals surface area (Å²) >= 11 is 0. The maximum absolute atomic E-state index is 13.0. The van der Waals surface area contributed by atoms with E-state index in [0.29, 0.717) is 29.4 Å². The van der Waals surface area contributed by atoms with Gasteiger partial charge in [-0.1, -0.05) is 0 Å². The van der Waals surface area contributed by atoms with E-state index in [9.17, 15) is 14.9 Å². The minimum absolute atomic E-state index is 0.0758. The molecule has 1 amide bonds. The highest BCUT2D eigenvalue weighted by Gasteiger charge is 2.33. The average molecular weight is 397 g/mol. The molecule has 0 aromatic heterocycles.